The molecule has 0 bridgehead atoms. The zero-order chi connectivity index (χ0) is 16.8. The number of rotatable bonds is 2. The molecule has 5 heteroatoms. The first-order valence-corrected chi connectivity index (χ1v) is 8.63. The van der Waals surface area contributed by atoms with E-state index in [4.69, 9.17) is 33.4 Å². The summed E-state index contributed by atoms with van der Waals surface area (Å²) in [6, 6.07) is 8.82. The van der Waals surface area contributed by atoms with Crippen molar-refractivity contribution < 1.29 is 9.21 Å². The van der Waals surface area contributed by atoms with Crippen LogP contribution in [0.3, 0.4) is 0 Å². The van der Waals surface area contributed by atoms with Gasteiger partial charge >= 0.3 is 0 Å². The van der Waals surface area contributed by atoms with Gasteiger partial charge in [-0.3, -0.25) is 4.79 Å². The number of ketones is 1. The molecule has 2 aromatic carbocycles. The van der Waals surface area contributed by atoms with Gasteiger partial charge in [0.05, 0.1) is 10.7 Å². The fourth-order valence-corrected chi connectivity index (χ4v) is 3.80. The lowest BCUT2D eigenvalue weighted by Gasteiger charge is -2.14. The molecule has 2 N–H and O–H groups in total. The highest BCUT2D eigenvalue weighted by molar-refractivity contribution is 6.37. The van der Waals surface area contributed by atoms with Crippen LogP contribution in [0.5, 0.6) is 0 Å². The molecule has 0 spiro atoms. The Balaban J connectivity index is 1.84. The van der Waals surface area contributed by atoms with Crippen molar-refractivity contribution in [3.8, 4) is 0 Å². The number of fused-ring (bicyclic) bond motifs is 2. The van der Waals surface area contributed by atoms with E-state index in [2.05, 4.69) is 6.07 Å². The normalized spacial score (nSPS) is 13.9. The predicted octanol–water partition coefficient (Wildman–Crippen LogP) is 5.43. The van der Waals surface area contributed by atoms with E-state index >= 15 is 0 Å². The third-order valence-corrected chi connectivity index (χ3v) is 5.12. The summed E-state index contributed by atoms with van der Waals surface area (Å²) >= 11 is 12.0. The van der Waals surface area contributed by atoms with Crippen molar-refractivity contribution >= 4 is 45.6 Å². The molecule has 4 rings (SSSR count). The molecule has 0 atom stereocenters. The minimum Gasteiger partial charge on any atom is -0.450 e. The number of anilines is 1. The third kappa shape index (κ3) is 2.48. The van der Waals surface area contributed by atoms with Gasteiger partial charge < -0.3 is 10.2 Å². The number of hydrogen-bond acceptors (Lipinski definition) is 3. The number of halogens is 2. The van der Waals surface area contributed by atoms with Crippen LogP contribution < -0.4 is 5.73 Å². The molecule has 1 aliphatic rings. The first-order chi connectivity index (χ1) is 11.5. The van der Waals surface area contributed by atoms with Crippen LogP contribution in [0.1, 0.15) is 40.1 Å². The molecule has 1 aromatic heterocycles. The molecule has 0 saturated heterocycles. The predicted molar refractivity (Wildman–Crippen MR) is 97.2 cm³/mol. The summed E-state index contributed by atoms with van der Waals surface area (Å²) in [4.78, 5) is 12.8. The summed E-state index contributed by atoms with van der Waals surface area (Å²) in [6.45, 7) is 0. The van der Waals surface area contributed by atoms with Gasteiger partial charge in [0.2, 0.25) is 5.78 Å². The summed E-state index contributed by atoms with van der Waals surface area (Å²) in [6.07, 6.45) is 4.45. The smallest absolute Gasteiger partial charge is 0.231 e. The second-order valence-corrected chi connectivity index (χ2v) is 6.97. The van der Waals surface area contributed by atoms with Gasteiger partial charge in [-0.1, -0.05) is 23.2 Å². The molecule has 24 heavy (non-hydrogen) atoms. The van der Waals surface area contributed by atoms with Crippen molar-refractivity contribution in [2.75, 3.05) is 5.73 Å². The first kappa shape index (κ1) is 15.6. The average Bonchev–Trinajstić information content (AvgIpc) is 2.88. The lowest BCUT2D eigenvalue weighted by Crippen LogP contribution is -2.04. The zero-order valence-corrected chi connectivity index (χ0v) is 14.4. The Hall–Kier alpha value is -1.97. The molecule has 3 aromatic rings. The minimum atomic E-state index is -0.330. The van der Waals surface area contributed by atoms with E-state index in [0.29, 0.717) is 21.9 Å². The first-order valence-electron chi connectivity index (χ1n) is 7.88. The Labute approximate surface area is 149 Å². The van der Waals surface area contributed by atoms with Gasteiger partial charge in [0.1, 0.15) is 5.58 Å². The van der Waals surface area contributed by atoms with Gasteiger partial charge in [-0.15, -0.1) is 0 Å². The van der Waals surface area contributed by atoms with Gasteiger partial charge in [-0.2, -0.15) is 0 Å². The Kier molecular flexibility index (Phi) is 3.78. The lowest BCUT2D eigenvalue weighted by molar-refractivity contribution is 0.101. The van der Waals surface area contributed by atoms with Crippen LogP contribution in [-0.2, 0) is 12.8 Å². The topological polar surface area (TPSA) is 56.2 Å². The number of hydrogen-bond donors (Lipinski definition) is 1. The maximum atomic E-state index is 12.8. The SMILES string of the molecule is Nc1c(C(=O)c2ccc(Cl)cc2Cl)oc2cc3c(cc12)CCCC3. The molecule has 1 heterocycles. The van der Waals surface area contributed by atoms with E-state index in [0.717, 1.165) is 18.2 Å². The summed E-state index contributed by atoms with van der Waals surface area (Å²) in [7, 11) is 0. The molecule has 0 amide bonds. The van der Waals surface area contributed by atoms with Crippen molar-refractivity contribution in [3.63, 3.8) is 0 Å². The number of furan rings is 1. The molecule has 122 valence electrons. The van der Waals surface area contributed by atoms with E-state index in [1.54, 1.807) is 12.1 Å². The molecular formula is C19H15Cl2NO2. The van der Waals surface area contributed by atoms with E-state index in [9.17, 15) is 4.79 Å². The molecular weight excluding hydrogens is 345 g/mol. The molecule has 0 radical (unpaired) electrons. The number of carbonyl (C=O) groups is 1. The maximum absolute atomic E-state index is 12.8. The Bertz CT molecular complexity index is 975. The van der Waals surface area contributed by atoms with Crippen molar-refractivity contribution in [2.45, 2.75) is 25.7 Å². The van der Waals surface area contributed by atoms with E-state index < -0.39 is 0 Å². The Morgan fingerprint density at radius 3 is 2.46 bits per heavy atom. The second-order valence-electron chi connectivity index (χ2n) is 6.12. The van der Waals surface area contributed by atoms with Crippen molar-refractivity contribution in [1.29, 1.82) is 0 Å². The summed E-state index contributed by atoms with van der Waals surface area (Å²) in [5.41, 5.74) is 10.1. The van der Waals surface area contributed by atoms with Crippen molar-refractivity contribution in [2.24, 2.45) is 0 Å². The van der Waals surface area contributed by atoms with Crippen LogP contribution in [0.25, 0.3) is 11.0 Å². The standard InChI is InChI=1S/C19H15Cl2NO2/c20-12-5-6-13(15(21)9-12)18(23)19-17(22)14-7-10-3-1-2-4-11(10)8-16(14)24-19/h5-9H,1-4,22H2. The third-order valence-electron chi connectivity index (χ3n) is 4.57. The molecule has 0 aliphatic heterocycles. The van der Waals surface area contributed by atoms with E-state index in [1.165, 1.54) is 30.0 Å². The number of benzene rings is 2. The van der Waals surface area contributed by atoms with Crippen LogP contribution in [-0.4, -0.2) is 5.78 Å². The van der Waals surface area contributed by atoms with E-state index in [-0.39, 0.29) is 16.6 Å². The van der Waals surface area contributed by atoms with Crippen LogP contribution in [0.15, 0.2) is 34.7 Å². The van der Waals surface area contributed by atoms with Crippen LogP contribution in [0, 0.1) is 0 Å². The molecule has 0 unspecified atom stereocenters. The Morgan fingerprint density at radius 2 is 1.75 bits per heavy atom. The van der Waals surface area contributed by atoms with Gasteiger partial charge in [-0.05, 0) is 67.1 Å². The van der Waals surface area contributed by atoms with Gasteiger partial charge in [-0.25, -0.2) is 0 Å². The molecule has 0 fully saturated rings. The number of nitrogens with two attached hydrogens (primary N) is 1. The second kappa shape index (κ2) is 5.83. The Morgan fingerprint density at radius 1 is 1.04 bits per heavy atom. The van der Waals surface area contributed by atoms with Crippen LogP contribution in [0.4, 0.5) is 5.69 Å². The number of aryl methyl sites for hydroxylation is 2. The summed E-state index contributed by atoms with van der Waals surface area (Å²) in [5, 5.41) is 1.55. The quantitative estimate of drug-likeness (QED) is 0.620. The fourth-order valence-electron chi connectivity index (χ4n) is 3.31. The van der Waals surface area contributed by atoms with Gasteiger partial charge in [0.15, 0.2) is 5.76 Å². The number of carbonyl (C=O) groups excluding carboxylic acids is 1. The maximum Gasteiger partial charge on any atom is 0.231 e. The van der Waals surface area contributed by atoms with Gasteiger partial charge in [0.25, 0.3) is 0 Å². The molecule has 1 aliphatic carbocycles. The number of nitrogen functional groups attached to an aromatic ring is 1. The average molecular weight is 360 g/mol. The minimum absolute atomic E-state index is 0.136. The fraction of sp³-hybridized carbons (Fsp3) is 0.211. The van der Waals surface area contributed by atoms with Crippen LogP contribution in [0.2, 0.25) is 10.0 Å². The van der Waals surface area contributed by atoms with E-state index in [1.807, 2.05) is 6.07 Å². The molecule has 3 nitrogen and oxygen atoms in total. The zero-order valence-electron chi connectivity index (χ0n) is 12.9. The van der Waals surface area contributed by atoms with Crippen LogP contribution >= 0.6 is 23.2 Å². The lowest BCUT2D eigenvalue weighted by atomic mass is 9.90. The largest absolute Gasteiger partial charge is 0.450 e. The van der Waals surface area contributed by atoms with Gasteiger partial charge in [0, 0.05) is 16.0 Å². The summed E-state index contributed by atoms with van der Waals surface area (Å²) in [5.74, 6) is -0.195. The highest BCUT2D eigenvalue weighted by Gasteiger charge is 2.23. The summed E-state index contributed by atoms with van der Waals surface area (Å²) < 4.78 is 5.80. The highest BCUT2D eigenvalue weighted by atomic mass is 35.5. The highest BCUT2D eigenvalue weighted by Crippen LogP contribution is 2.35. The van der Waals surface area contributed by atoms with Crippen molar-refractivity contribution in [3.05, 3.63) is 62.8 Å². The van der Waals surface area contributed by atoms with Crippen molar-refractivity contribution in [1.82, 2.24) is 0 Å². The monoisotopic (exact) mass is 359 g/mol. The molecule has 0 saturated carbocycles.